The summed E-state index contributed by atoms with van der Waals surface area (Å²) in [6, 6.07) is 13.0. The molecule has 108 valence electrons. The molecule has 1 aliphatic heterocycles. The Morgan fingerprint density at radius 3 is 2.81 bits per heavy atom. The van der Waals surface area contributed by atoms with Crippen LogP contribution in [0.5, 0.6) is 5.75 Å². The molecule has 0 spiro atoms. The van der Waals surface area contributed by atoms with Crippen LogP contribution in [0.15, 0.2) is 46.9 Å². The van der Waals surface area contributed by atoms with Crippen LogP contribution >= 0.6 is 15.9 Å². The van der Waals surface area contributed by atoms with Crippen LogP contribution in [0.2, 0.25) is 0 Å². The molecular weight excluding hydrogens is 332 g/mol. The quantitative estimate of drug-likeness (QED) is 0.611. The summed E-state index contributed by atoms with van der Waals surface area (Å²) in [7, 11) is 0. The minimum absolute atomic E-state index is 0.00178. The fourth-order valence-electron chi connectivity index (χ4n) is 2.11. The van der Waals surface area contributed by atoms with E-state index in [1.807, 2.05) is 43.3 Å². The molecule has 0 aliphatic carbocycles. The first-order valence-corrected chi connectivity index (χ1v) is 7.58. The number of halogens is 1. The highest BCUT2D eigenvalue weighted by atomic mass is 79.9. The van der Waals surface area contributed by atoms with Gasteiger partial charge in [0, 0.05) is 15.6 Å². The lowest BCUT2D eigenvalue weighted by Crippen LogP contribution is -2.07. The lowest BCUT2D eigenvalue weighted by Gasteiger charge is -2.09. The smallest absolute Gasteiger partial charge is 0.193 e. The fourth-order valence-corrected chi connectivity index (χ4v) is 2.59. The summed E-state index contributed by atoms with van der Waals surface area (Å²) >= 11 is 3.43. The molecule has 3 rings (SSSR count). The zero-order valence-electron chi connectivity index (χ0n) is 11.6. The van der Waals surface area contributed by atoms with Gasteiger partial charge < -0.3 is 9.47 Å². The van der Waals surface area contributed by atoms with Gasteiger partial charge in [0.15, 0.2) is 5.78 Å². The van der Waals surface area contributed by atoms with Gasteiger partial charge in [0.2, 0.25) is 0 Å². The molecule has 2 aromatic carbocycles. The van der Waals surface area contributed by atoms with E-state index in [1.54, 1.807) is 6.07 Å². The van der Waals surface area contributed by atoms with E-state index in [0.717, 1.165) is 16.6 Å². The fraction of sp³-hybridized carbons (Fsp3) is 0.235. The van der Waals surface area contributed by atoms with Gasteiger partial charge in [0.1, 0.15) is 18.5 Å². The number of epoxide rings is 1. The Morgan fingerprint density at radius 2 is 2.10 bits per heavy atom. The van der Waals surface area contributed by atoms with Crippen LogP contribution < -0.4 is 4.74 Å². The molecule has 3 nitrogen and oxygen atoms in total. The third-order valence-electron chi connectivity index (χ3n) is 3.36. The SMILES string of the molecule is Cc1ccccc1C(=O)c1cc(Br)cc(OCC2CO2)c1. The number of hydrogen-bond acceptors (Lipinski definition) is 3. The van der Waals surface area contributed by atoms with Gasteiger partial charge in [-0.2, -0.15) is 0 Å². The summed E-state index contributed by atoms with van der Waals surface area (Å²) in [5.41, 5.74) is 2.30. The van der Waals surface area contributed by atoms with Gasteiger partial charge in [0.05, 0.1) is 6.61 Å². The zero-order chi connectivity index (χ0) is 14.8. The maximum absolute atomic E-state index is 12.6. The summed E-state index contributed by atoms with van der Waals surface area (Å²) in [4.78, 5) is 12.6. The molecule has 0 N–H and O–H groups in total. The maximum atomic E-state index is 12.6. The average molecular weight is 347 g/mol. The van der Waals surface area contributed by atoms with Crippen molar-refractivity contribution in [1.29, 1.82) is 0 Å². The van der Waals surface area contributed by atoms with E-state index in [0.29, 0.717) is 23.5 Å². The predicted octanol–water partition coefficient (Wildman–Crippen LogP) is 3.77. The van der Waals surface area contributed by atoms with Crippen molar-refractivity contribution >= 4 is 21.7 Å². The van der Waals surface area contributed by atoms with Crippen molar-refractivity contribution in [2.45, 2.75) is 13.0 Å². The van der Waals surface area contributed by atoms with E-state index in [2.05, 4.69) is 15.9 Å². The molecule has 0 saturated carbocycles. The van der Waals surface area contributed by atoms with Crippen LogP contribution in [0.3, 0.4) is 0 Å². The molecule has 0 aromatic heterocycles. The first kappa shape index (κ1) is 14.3. The van der Waals surface area contributed by atoms with E-state index >= 15 is 0 Å². The first-order chi connectivity index (χ1) is 10.1. The Bertz CT molecular complexity index is 677. The second kappa shape index (κ2) is 6.00. The molecule has 1 unspecified atom stereocenters. The maximum Gasteiger partial charge on any atom is 0.193 e. The highest BCUT2D eigenvalue weighted by molar-refractivity contribution is 9.10. The van der Waals surface area contributed by atoms with Gasteiger partial charge >= 0.3 is 0 Å². The topological polar surface area (TPSA) is 38.8 Å². The molecule has 0 bridgehead atoms. The minimum Gasteiger partial charge on any atom is -0.491 e. The van der Waals surface area contributed by atoms with E-state index < -0.39 is 0 Å². The molecule has 21 heavy (non-hydrogen) atoms. The zero-order valence-corrected chi connectivity index (χ0v) is 13.2. The van der Waals surface area contributed by atoms with Gasteiger partial charge in [-0.15, -0.1) is 0 Å². The van der Waals surface area contributed by atoms with Gasteiger partial charge in [-0.3, -0.25) is 4.79 Å². The number of carbonyl (C=O) groups is 1. The van der Waals surface area contributed by atoms with E-state index in [9.17, 15) is 4.79 Å². The number of ether oxygens (including phenoxy) is 2. The average Bonchev–Trinajstić information content (AvgIpc) is 3.28. The number of rotatable bonds is 5. The summed E-state index contributed by atoms with van der Waals surface area (Å²) in [5.74, 6) is 0.679. The second-order valence-electron chi connectivity index (χ2n) is 5.09. The Balaban J connectivity index is 1.86. The van der Waals surface area contributed by atoms with Crippen LogP contribution in [0.4, 0.5) is 0 Å². The van der Waals surface area contributed by atoms with Gasteiger partial charge in [-0.25, -0.2) is 0 Å². The predicted molar refractivity (Wildman–Crippen MR) is 84.0 cm³/mol. The van der Waals surface area contributed by atoms with Crippen molar-refractivity contribution < 1.29 is 14.3 Å². The van der Waals surface area contributed by atoms with Crippen LogP contribution in [-0.4, -0.2) is 25.1 Å². The lowest BCUT2D eigenvalue weighted by atomic mass is 9.99. The first-order valence-electron chi connectivity index (χ1n) is 6.79. The van der Waals surface area contributed by atoms with Crippen molar-refractivity contribution in [3.05, 3.63) is 63.6 Å². The Hall–Kier alpha value is -1.65. The van der Waals surface area contributed by atoms with Gasteiger partial charge in [-0.05, 0) is 30.7 Å². The molecule has 1 heterocycles. The van der Waals surface area contributed by atoms with E-state index in [4.69, 9.17) is 9.47 Å². The summed E-state index contributed by atoms with van der Waals surface area (Å²) < 4.78 is 11.6. The molecule has 2 aromatic rings. The highest BCUT2D eigenvalue weighted by Crippen LogP contribution is 2.25. The number of hydrogen-bond donors (Lipinski definition) is 0. The molecule has 1 atom stereocenters. The van der Waals surface area contributed by atoms with Crippen LogP contribution in [0.25, 0.3) is 0 Å². The van der Waals surface area contributed by atoms with Crippen molar-refractivity contribution in [2.24, 2.45) is 0 Å². The largest absolute Gasteiger partial charge is 0.491 e. The Kier molecular flexibility index (Phi) is 4.08. The standard InChI is InChI=1S/C17H15BrO3/c1-11-4-2-3-5-16(11)17(19)12-6-13(18)8-14(7-12)20-9-15-10-21-15/h2-8,15H,9-10H2,1H3. The Labute approximate surface area is 132 Å². The molecule has 1 saturated heterocycles. The van der Waals surface area contributed by atoms with E-state index in [1.165, 1.54) is 0 Å². The highest BCUT2D eigenvalue weighted by Gasteiger charge is 2.23. The summed E-state index contributed by atoms with van der Waals surface area (Å²) in [6.07, 6.45) is 0.194. The van der Waals surface area contributed by atoms with Crippen molar-refractivity contribution in [3.63, 3.8) is 0 Å². The van der Waals surface area contributed by atoms with E-state index in [-0.39, 0.29) is 11.9 Å². The van der Waals surface area contributed by atoms with Crippen LogP contribution in [-0.2, 0) is 4.74 Å². The molecule has 0 radical (unpaired) electrons. The van der Waals surface area contributed by atoms with Crippen molar-refractivity contribution in [2.75, 3.05) is 13.2 Å². The monoisotopic (exact) mass is 346 g/mol. The lowest BCUT2D eigenvalue weighted by molar-refractivity contribution is 0.103. The van der Waals surface area contributed by atoms with Crippen LogP contribution in [0.1, 0.15) is 21.5 Å². The third-order valence-corrected chi connectivity index (χ3v) is 3.82. The normalized spacial score (nSPS) is 16.6. The molecular formula is C17H15BrO3. The number of benzene rings is 2. The van der Waals surface area contributed by atoms with Gasteiger partial charge in [-0.1, -0.05) is 40.2 Å². The Morgan fingerprint density at radius 1 is 1.33 bits per heavy atom. The number of aryl methyl sites for hydroxylation is 1. The molecule has 0 amide bonds. The van der Waals surface area contributed by atoms with Crippen molar-refractivity contribution in [1.82, 2.24) is 0 Å². The minimum atomic E-state index is 0.00178. The second-order valence-corrected chi connectivity index (χ2v) is 6.00. The number of ketones is 1. The third kappa shape index (κ3) is 3.52. The number of carbonyl (C=O) groups excluding carboxylic acids is 1. The molecule has 1 fully saturated rings. The van der Waals surface area contributed by atoms with Gasteiger partial charge in [0.25, 0.3) is 0 Å². The molecule has 4 heteroatoms. The summed E-state index contributed by atoms with van der Waals surface area (Å²) in [5, 5.41) is 0. The summed E-state index contributed by atoms with van der Waals surface area (Å²) in [6.45, 7) is 3.21. The van der Waals surface area contributed by atoms with Crippen LogP contribution in [0, 0.1) is 6.92 Å². The van der Waals surface area contributed by atoms with Crippen molar-refractivity contribution in [3.8, 4) is 5.75 Å². The molecule has 1 aliphatic rings.